The predicted octanol–water partition coefficient (Wildman–Crippen LogP) is 1.91. The Hall–Kier alpha value is -1.99. The molecule has 20 heavy (non-hydrogen) atoms. The second-order valence-electron chi connectivity index (χ2n) is 4.55. The quantitative estimate of drug-likeness (QED) is 0.854. The monoisotopic (exact) mass is 275 g/mol. The summed E-state index contributed by atoms with van der Waals surface area (Å²) in [5, 5.41) is 8.77. The third-order valence-electron chi connectivity index (χ3n) is 3.32. The van der Waals surface area contributed by atoms with E-state index in [1.807, 2.05) is 13.8 Å². The molecule has 0 aromatic heterocycles. The molecule has 0 fully saturated rings. The summed E-state index contributed by atoms with van der Waals surface area (Å²) in [4.78, 5) is 14.1. The molecular weight excluding hydrogens is 254 g/mol. The Morgan fingerprint density at radius 3 is 2.75 bits per heavy atom. The van der Waals surface area contributed by atoms with Crippen molar-refractivity contribution in [2.24, 2.45) is 0 Å². The van der Waals surface area contributed by atoms with Crippen LogP contribution in [0.2, 0.25) is 0 Å². The molecule has 1 rings (SSSR count). The molecule has 1 unspecified atom stereocenters. The number of nitrogens with zero attached hydrogens (tertiary/aromatic N) is 1. The number of carbonyl (C=O) groups is 1. The minimum atomic E-state index is -0.228. The van der Waals surface area contributed by atoms with Crippen molar-refractivity contribution in [3.8, 4) is 17.6 Å². The molecule has 1 N–H and O–H groups in total. The van der Waals surface area contributed by atoms with E-state index in [2.05, 4.69) is 11.8 Å². The molecule has 0 saturated heterocycles. The van der Waals surface area contributed by atoms with Gasteiger partial charge in [0.1, 0.15) is 12.4 Å². The topological polar surface area (TPSA) is 49.8 Å². The van der Waals surface area contributed by atoms with Crippen LogP contribution >= 0.6 is 0 Å². The van der Waals surface area contributed by atoms with Gasteiger partial charge in [-0.15, -0.1) is 0 Å². The number of aliphatic hydroxyl groups excluding tert-OH is 1. The van der Waals surface area contributed by atoms with Crippen molar-refractivity contribution < 1.29 is 14.6 Å². The van der Waals surface area contributed by atoms with Crippen LogP contribution in [0.1, 0.15) is 36.2 Å². The van der Waals surface area contributed by atoms with Gasteiger partial charge in [-0.1, -0.05) is 18.8 Å². The molecule has 0 spiro atoms. The molecular formula is C16H21NO3. The van der Waals surface area contributed by atoms with Gasteiger partial charge in [0.2, 0.25) is 0 Å². The first-order chi connectivity index (χ1) is 9.54. The fraction of sp³-hybridized carbons (Fsp3) is 0.438. The highest BCUT2D eigenvalue weighted by atomic mass is 16.5. The van der Waals surface area contributed by atoms with Gasteiger partial charge >= 0.3 is 0 Å². The highest BCUT2D eigenvalue weighted by Crippen LogP contribution is 2.20. The first-order valence-electron chi connectivity index (χ1n) is 6.60. The zero-order valence-electron chi connectivity index (χ0n) is 12.4. The smallest absolute Gasteiger partial charge is 0.253 e. The summed E-state index contributed by atoms with van der Waals surface area (Å²) >= 11 is 0. The minimum Gasteiger partial charge on any atom is -0.495 e. The molecule has 0 aliphatic heterocycles. The van der Waals surface area contributed by atoms with Crippen molar-refractivity contribution >= 4 is 5.91 Å². The molecule has 0 aliphatic carbocycles. The first-order valence-corrected chi connectivity index (χ1v) is 6.60. The number of methoxy groups -OCH3 is 1. The number of hydrogen-bond acceptors (Lipinski definition) is 3. The number of rotatable bonds is 4. The first kappa shape index (κ1) is 16.1. The summed E-state index contributed by atoms with van der Waals surface area (Å²) in [6.45, 7) is 3.82. The Labute approximate surface area is 120 Å². The minimum absolute atomic E-state index is 0.0472. The summed E-state index contributed by atoms with van der Waals surface area (Å²) in [7, 11) is 3.34. The predicted molar refractivity (Wildman–Crippen MR) is 78.8 cm³/mol. The SMILES string of the molecule is CCC(C)N(C)C(=O)c1ccc(OC)c(C#CCO)c1. The van der Waals surface area contributed by atoms with E-state index in [-0.39, 0.29) is 18.6 Å². The van der Waals surface area contributed by atoms with E-state index in [1.165, 1.54) is 0 Å². The highest BCUT2D eigenvalue weighted by molar-refractivity contribution is 5.94. The van der Waals surface area contributed by atoms with Crippen LogP contribution in [-0.4, -0.2) is 42.7 Å². The zero-order chi connectivity index (χ0) is 15.1. The van der Waals surface area contributed by atoms with Crippen molar-refractivity contribution in [2.45, 2.75) is 26.3 Å². The Kier molecular flexibility index (Phi) is 6.08. The van der Waals surface area contributed by atoms with Gasteiger partial charge < -0.3 is 14.7 Å². The fourth-order valence-electron chi connectivity index (χ4n) is 1.75. The zero-order valence-corrected chi connectivity index (χ0v) is 12.4. The maximum atomic E-state index is 12.4. The van der Waals surface area contributed by atoms with Crippen molar-refractivity contribution in [3.05, 3.63) is 29.3 Å². The summed E-state index contributed by atoms with van der Waals surface area (Å²) in [6.07, 6.45) is 0.898. The lowest BCUT2D eigenvalue weighted by molar-refractivity contribution is 0.0740. The van der Waals surface area contributed by atoms with Gasteiger partial charge in [0.15, 0.2) is 0 Å². The number of amides is 1. The molecule has 1 atom stereocenters. The molecule has 0 radical (unpaired) electrons. The van der Waals surface area contributed by atoms with Gasteiger partial charge in [-0.2, -0.15) is 0 Å². The van der Waals surface area contributed by atoms with Crippen LogP contribution in [0, 0.1) is 11.8 Å². The van der Waals surface area contributed by atoms with E-state index in [0.717, 1.165) is 6.42 Å². The third kappa shape index (κ3) is 3.75. The highest BCUT2D eigenvalue weighted by Gasteiger charge is 2.17. The van der Waals surface area contributed by atoms with Crippen LogP contribution in [0.25, 0.3) is 0 Å². The largest absolute Gasteiger partial charge is 0.495 e. The Morgan fingerprint density at radius 2 is 2.20 bits per heavy atom. The normalized spacial score (nSPS) is 11.2. The van der Waals surface area contributed by atoms with E-state index in [0.29, 0.717) is 16.9 Å². The molecule has 1 aromatic carbocycles. The molecule has 4 nitrogen and oxygen atoms in total. The van der Waals surface area contributed by atoms with Crippen LogP contribution in [0.4, 0.5) is 0 Å². The Morgan fingerprint density at radius 1 is 1.50 bits per heavy atom. The van der Waals surface area contributed by atoms with Crippen molar-refractivity contribution in [1.82, 2.24) is 4.90 Å². The maximum absolute atomic E-state index is 12.4. The molecule has 0 bridgehead atoms. The van der Waals surface area contributed by atoms with Crippen LogP contribution in [0.5, 0.6) is 5.75 Å². The van der Waals surface area contributed by atoms with E-state index >= 15 is 0 Å². The summed E-state index contributed by atoms with van der Waals surface area (Å²) in [6, 6.07) is 5.32. The molecule has 0 saturated carbocycles. The second kappa shape index (κ2) is 7.56. The van der Waals surface area contributed by atoms with Crippen LogP contribution in [0.15, 0.2) is 18.2 Å². The van der Waals surface area contributed by atoms with Gasteiger partial charge in [-0.3, -0.25) is 4.79 Å². The Bertz CT molecular complexity index is 528. The molecule has 1 amide bonds. The van der Waals surface area contributed by atoms with Crippen molar-refractivity contribution in [2.75, 3.05) is 20.8 Å². The van der Waals surface area contributed by atoms with E-state index in [1.54, 1.807) is 37.3 Å². The summed E-state index contributed by atoms with van der Waals surface area (Å²) in [5.41, 5.74) is 1.17. The molecule has 1 aromatic rings. The number of hydrogen-bond donors (Lipinski definition) is 1. The number of aliphatic hydroxyl groups is 1. The number of benzene rings is 1. The average molecular weight is 275 g/mol. The van der Waals surface area contributed by atoms with Gasteiger partial charge in [-0.05, 0) is 31.5 Å². The van der Waals surface area contributed by atoms with Crippen molar-refractivity contribution in [1.29, 1.82) is 0 Å². The molecule has 0 heterocycles. The van der Waals surface area contributed by atoms with E-state index < -0.39 is 0 Å². The average Bonchev–Trinajstić information content (AvgIpc) is 2.50. The van der Waals surface area contributed by atoms with Crippen LogP contribution in [0.3, 0.4) is 0 Å². The van der Waals surface area contributed by atoms with Gasteiger partial charge in [0.05, 0.1) is 12.7 Å². The van der Waals surface area contributed by atoms with Gasteiger partial charge in [0.25, 0.3) is 5.91 Å². The summed E-state index contributed by atoms with van der Waals surface area (Å²) < 4.78 is 5.20. The lowest BCUT2D eigenvalue weighted by atomic mass is 10.1. The van der Waals surface area contributed by atoms with E-state index in [9.17, 15) is 4.79 Å². The third-order valence-corrected chi connectivity index (χ3v) is 3.32. The second-order valence-corrected chi connectivity index (χ2v) is 4.55. The van der Waals surface area contributed by atoms with E-state index in [4.69, 9.17) is 9.84 Å². The molecule has 0 aliphatic rings. The maximum Gasteiger partial charge on any atom is 0.253 e. The molecule has 4 heteroatoms. The number of ether oxygens (including phenoxy) is 1. The lowest BCUT2D eigenvalue weighted by Crippen LogP contribution is -2.34. The number of carbonyl (C=O) groups excluding carboxylic acids is 1. The van der Waals surface area contributed by atoms with Gasteiger partial charge in [0, 0.05) is 18.7 Å². The van der Waals surface area contributed by atoms with Crippen LogP contribution in [-0.2, 0) is 0 Å². The van der Waals surface area contributed by atoms with Crippen molar-refractivity contribution in [3.63, 3.8) is 0 Å². The van der Waals surface area contributed by atoms with Crippen LogP contribution < -0.4 is 4.74 Å². The summed E-state index contributed by atoms with van der Waals surface area (Å²) in [5.74, 6) is 5.91. The van der Waals surface area contributed by atoms with Gasteiger partial charge in [-0.25, -0.2) is 0 Å². The standard InChI is InChI=1S/C16H21NO3/c1-5-12(2)17(3)16(19)14-8-9-15(20-4)13(11-14)7-6-10-18/h8-9,11-12,18H,5,10H2,1-4H3. The molecule has 108 valence electrons. The fourth-order valence-corrected chi connectivity index (χ4v) is 1.75. The Balaban J connectivity index is 3.11. The lowest BCUT2D eigenvalue weighted by Gasteiger charge is -2.24.